The highest BCUT2D eigenvalue weighted by Gasteiger charge is 2.33. The molecule has 0 aliphatic carbocycles. The van der Waals surface area contributed by atoms with Gasteiger partial charge in [-0.2, -0.15) is 4.31 Å². The van der Waals surface area contributed by atoms with E-state index in [-0.39, 0.29) is 11.0 Å². The molecule has 1 aromatic heterocycles. The van der Waals surface area contributed by atoms with Gasteiger partial charge < -0.3 is 9.47 Å². The van der Waals surface area contributed by atoms with Crippen LogP contribution in [0.5, 0.6) is 5.75 Å². The Morgan fingerprint density at radius 2 is 2.08 bits per heavy atom. The quantitative estimate of drug-likeness (QED) is 0.736. The molecule has 1 aliphatic heterocycles. The molecule has 1 saturated heterocycles. The van der Waals surface area contributed by atoms with Gasteiger partial charge >= 0.3 is 0 Å². The maximum atomic E-state index is 12.7. The van der Waals surface area contributed by atoms with Gasteiger partial charge in [0.05, 0.1) is 34.9 Å². The standard InChI is InChI=1S/C17H22N2O4S2/c1-3-22-15-4-6-17(7-5-15)25(20,21)19-9-8-16(10-19)23-11-14-12-24-13(2)18-14/h4-7,12,16H,3,8-11H2,1-2H3/t16-/m0/s1. The van der Waals surface area contributed by atoms with Crippen molar-refractivity contribution < 1.29 is 17.9 Å². The molecule has 2 aromatic rings. The summed E-state index contributed by atoms with van der Waals surface area (Å²) in [5, 5.41) is 2.98. The maximum absolute atomic E-state index is 12.7. The van der Waals surface area contributed by atoms with Crippen molar-refractivity contribution in [3.8, 4) is 5.75 Å². The highest BCUT2D eigenvalue weighted by Crippen LogP contribution is 2.25. The lowest BCUT2D eigenvalue weighted by molar-refractivity contribution is 0.0492. The summed E-state index contributed by atoms with van der Waals surface area (Å²) in [5.74, 6) is 0.669. The Morgan fingerprint density at radius 3 is 2.72 bits per heavy atom. The Hall–Kier alpha value is -1.48. The van der Waals surface area contributed by atoms with Crippen LogP contribution in [0, 0.1) is 6.92 Å². The first-order valence-electron chi connectivity index (χ1n) is 8.24. The van der Waals surface area contributed by atoms with Gasteiger partial charge in [0, 0.05) is 18.5 Å². The van der Waals surface area contributed by atoms with Crippen molar-refractivity contribution in [3.63, 3.8) is 0 Å². The summed E-state index contributed by atoms with van der Waals surface area (Å²) < 4.78 is 38.2. The number of sulfonamides is 1. The average Bonchev–Trinajstić information content (AvgIpc) is 3.23. The second-order valence-corrected chi connectivity index (χ2v) is 8.85. The molecule has 0 N–H and O–H groups in total. The molecule has 0 amide bonds. The van der Waals surface area contributed by atoms with E-state index in [0.717, 1.165) is 10.7 Å². The normalized spacial score (nSPS) is 18.6. The fourth-order valence-corrected chi connectivity index (χ4v) is 4.84. The van der Waals surface area contributed by atoms with Crippen molar-refractivity contribution in [1.29, 1.82) is 0 Å². The number of hydrogen-bond acceptors (Lipinski definition) is 6. The topological polar surface area (TPSA) is 68.7 Å². The van der Waals surface area contributed by atoms with Crippen molar-refractivity contribution in [2.45, 2.75) is 37.9 Å². The number of benzene rings is 1. The van der Waals surface area contributed by atoms with Gasteiger partial charge in [-0.05, 0) is 44.5 Å². The predicted molar refractivity (Wildman–Crippen MR) is 96.4 cm³/mol. The van der Waals surface area contributed by atoms with Gasteiger partial charge in [0.25, 0.3) is 0 Å². The molecule has 0 saturated carbocycles. The molecule has 2 heterocycles. The van der Waals surface area contributed by atoms with Crippen LogP contribution in [0.25, 0.3) is 0 Å². The van der Waals surface area contributed by atoms with Crippen molar-refractivity contribution >= 4 is 21.4 Å². The zero-order valence-electron chi connectivity index (χ0n) is 14.3. The minimum Gasteiger partial charge on any atom is -0.494 e. The Kier molecular flexibility index (Phi) is 5.73. The smallest absolute Gasteiger partial charge is 0.243 e. The molecule has 0 bridgehead atoms. The van der Waals surface area contributed by atoms with Crippen LogP contribution in [0.4, 0.5) is 0 Å². The Bertz CT molecular complexity index is 802. The Balaban J connectivity index is 1.59. The third-order valence-corrected chi connectivity index (χ3v) is 6.72. The van der Waals surface area contributed by atoms with E-state index < -0.39 is 10.0 Å². The van der Waals surface area contributed by atoms with E-state index >= 15 is 0 Å². The van der Waals surface area contributed by atoms with Crippen LogP contribution < -0.4 is 4.74 Å². The average molecular weight is 383 g/mol. The Morgan fingerprint density at radius 1 is 1.32 bits per heavy atom. The number of ether oxygens (including phenoxy) is 2. The van der Waals surface area contributed by atoms with E-state index in [0.29, 0.717) is 38.5 Å². The molecule has 0 unspecified atom stereocenters. The van der Waals surface area contributed by atoms with Gasteiger partial charge in [0.15, 0.2) is 0 Å². The summed E-state index contributed by atoms with van der Waals surface area (Å²) in [6.45, 7) is 5.66. The lowest BCUT2D eigenvalue weighted by Crippen LogP contribution is -2.30. The molecule has 1 atom stereocenters. The summed E-state index contributed by atoms with van der Waals surface area (Å²) in [6, 6.07) is 6.55. The second-order valence-electron chi connectivity index (χ2n) is 5.85. The van der Waals surface area contributed by atoms with Crippen molar-refractivity contribution in [3.05, 3.63) is 40.3 Å². The fraction of sp³-hybridized carbons (Fsp3) is 0.471. The van der Waals surface area contributed by atoms with E-state index in [1.807, 2.05) is 19.2 Å². The second kappa shape index (κ2) is 7.82. The first-order valence-corrected chi connectivity index (χ1v) is 10.6. The lowest BCUT2D eigenvalue weighted by Gasteiger charge is -2.17. The van der Waals surface area contributed by atoms with Crippen molar-refractivity contribution in [2.75, 3.05) is 19.7 Å². The van der Waals surface area contributed by atoms with Gasteiger partial charge in [-0.15, -0.1) is 11.3 Å². The van der Waals surface area contributed by atoms with E-state index in [9.17, 15) is 8.42 Å². The molecule has 3 rings (SSSR count). The summed E-state index contributed by atoms with van der Waals surface area (Å²) >= 11 is 1.59. The van der Waals surface area contributed by atoms with Gasteiger partial charge in [0.1, 0.15) is 5.75 Å². The molecule has 6 nitrogen and oxygen atoms in total. The number of thiazole rings is 1. The van der Waals surface area contributed by atoms with Crippen molar-refractivity contribution in [2.24, 2.45) is 0 Å². The third kappa shape index (κ3) is 4.38. The molecule has 1 aromatic carbocycles. The van der Waals surface area contributed by atoms with Crippen LogP contribution in [-0.4, -0.2) is 43.5 Å². The van der Waals surface area contributed by atoms with Crippen LogP contribution in [0.3, 0.4) is 0 Å². The number of rotatable bonds is 7. The molecule has 136 valence electrons. The first-order chi connectivity index (χ1) is 12.0. The largest absolute Gasteiger partial charge is 0.494 e. The van der Waals surface area contributed by atoms with Gasteiger partial charge in [0.2, 0.25) is 10.0 Å². The molecule has 1 aliphatic rings. The van der Waals surface area contributed by atoms with Crippen LogP contribution in [-0.2, 0) is 21.4 Å². The molecule has 1 fully saturated rings. The van der Waals surface area contributed by atoms with Crippen molar-refractivity contribution in [1.82, 2.24) is 9.29 Å². The number of hydrogen-bond donors (Lipinski definition) is 0. The van der Waals surface area contributed by atoms with E-state index in [2.05, 4.69) is 4.98 Å². The molecule has 25 heavy (non-hydrogen) atoms. The van der Waals surface area contributed by atoms with E-state index in [4.69, 9.17) is 9.47 Å². The monoisotopic (exact) mass is 382 g/mol. The number of aromatic nitrogens is 1. The van der Waals surface area contributed by atoms with Crippen LogP contribution in [0.2, 0.25) is 0 Å². The summed E-state index contributed by atoms with van der Waals surface area (Å²) in [4.78, 5) is 4.64. The van der Waals surface area contributed by atoms with Gasteiger partial charge in [-0.3, -0.25) is 0 Å². The summed E-state index contributed by atoms with van der Waals surface area (Å²) in [6.07, 6.45) is 0.596. The molecule has 8 heteroatoms. The SMILES string of the molecule is CCOc1ccc(S(=O)(=O)N2CC[C@H](OCc3csc(C)n3)C2)cc1. The third-order valence-electron chi connectivity index (χ3n) is 4.01. The predicted octanol–water partition coefficient (Wildman–Crippen LogP) is 2.83. The highest BCUT2D eigenvalue weighted by molar-refractivity contribution is 7.89. The minimum absolute atomic E-state index is 0.0977. The zero-order chi connectivity index (χ0) is 17.9. The van der Waals surface area contributed by atoms with Gasteiger partial charge in [-0.1, -0.05) is 0 Å². The number of aryl methyl sites for hydroxylation is 1. The molecular weight excluding hydrogens is 360 g/mol. The lowest BCUT2D eigenvalue weighted by atomic mass is 10.3. The summed E-state index contributed by atoms with van der Waals surface area (Å²) in [5.41, 5.74) is 0.898. The van der Waals surface area contributed by atoms with E-state index in [1.165, 1.54) is 4.31 Å². The molecule has 0 spiro atoms. The first kappa shape index (κ1) is 18.3. The fourth-order valence-electron chi connectivity index (χ4n) is 2.75. The minimum atomic E-state index is -3.50. The van der Waals surface area contributed by atoms with Crippen LogP contribution >= 0.6 is 11.3 Å². The van der Waals surface area contributed by atoms with Crippen LogP contribution in [0.1, 0.15) is 24.0 Å². The molecular formula is C17H22N2O4S2. The highest BCUT2D eigenvalue weighted by atomic mass is 32.2. The van der Waals surface area contributed by atoms with Crippen LogP contribution in [0.15, 0.2) is 34.5 Å². The van der Waals surface area contributed by atoms with Gasteiger partial charge in [-0.25, -0.2) is 13.4 Å². The molecule has 0 radical (unpaired) electrons. The summed E-state index contributed by atoms with van der Waals surface area (Å²) in [7, 11) is -3.50. The van der Waals surface area contributed by atoms with E-state index in [1.54, 1.807) is 35.6 Å². The maximum Gasteiger partial charge on any atom is 0.243 e. The Labute approximate surface area is 152 Å². The number of nitrogens with zero attached hydrogens (tertiary/aromatic N) is 2. The zero-order valence-corrected chi connectivity index (χ0v) is 16.0.